The third-order valence-corrected chi connectivity index (χ3v) is 3.30. The first-order chi connectivity index (χ1) is 11.0. The Balaban J connectivity index is 1.74. The molecule has 0 aliphatic heterocycles. The van der Waals surface area contributed by atoms with Crippen molar-refractivity contribution < 1.29 is 9.59 Å². The van der Waals surface area contributed by atoms with Crippen LogP contribution in [0.2, 0.25) is 10.0 Å². The van der Waals surface area contributed by atoms with E-state index in [-0.39, 0.29) is 6.54 Å². The van der Waals surface area contributed by atoms with Crippen LogP contribution in [-0.4, -0.2) is 18.5 Å². The van der Waals surface area contributed by atoms with E-state index in [1.165, 1.54) is 0 Å². The number of imide groups is 1. The van der Waals surface area contributed by atoms with Crippen molar-refractivity contribution in [3.05, 3.63) is 64.1 Å². The van der Waals surface area contributed by atoms with Crippen LogP contribution < -0.4 is 16.0 Å². The molecule has 120 valence electrons. The third-order valence-electron chi connectivity index (χ3n) is 2.86. The molecule has 0 fully saturated rings. The summed E-state index contributed by atoms with van der Waals surface area (Å²) in [4.78, 5) is 23.3. The second kappa shape index (κ2) is 8.41. The van der Waals surface area contributed by atoms with E-state index in [9.17, 15) is 9.59 Å². The summed E-state index contributed by atoms with van der Waals surface area (Å²) in [5, 5.41) is 8.60. The van der Waals surface area contributed by atoms with Crippen molar-refractivity contribution in [1.82, 2.24) is 10.6 Å². The third kappa shape index (κ3) is 6.18. The van der Waals surface area contributed by atoms with Gasteiger partial charge in [0.2, 0.25) is 5.91 Å². The van der Waals surface area contributed by atoms with Gasteiger partial charge in [-0.3, -0.25) is 10.1 Å². The summed E-state index contributed by atoms with van der Waals surface area (Å²) in [5.41, 5.74) is 1.55. The first kappa shape index (κ1) is 17.1. The van der Waals surface area contributed by atoms with E-state index >= 15 is 0 Å². The van der Waals surface area contributed by atoms with Gasteiger partial charge in [0.25, 0.3) is 0 Å². The van der Waals surface area contributed by atoms with Gasteiger partial charge in [-0.2, -0.15) is 0 Å². The van der Waals surface area contributed by atoms with E-state index in [2.05, 4.69) is 16.0 Å². The quantitative estimate of drug-likeness (QED) is 0.772. The Kier molecular flexibility index (Phi) is 6.26. The van der Waals surface area contributed by atoms with Gasteiger partial charge in [0.05, 0.1) is 6.54 Å². The zero-order valence-corrected chi connectivity index (χ0v) is 13.6. The van der Waals surface area contributed by atoms with Crippen LogP contribution in [0.25, 0.3) is 0 Å². The summed E-state index contributed by atoms with van der Waals surface area (Å²) in [7, 11) is 0. The first-order valence-corrected chi connectivity index (χ1v) is 7.60. The number of urea groups is 1. The molecule has 2 aromatic carbocycles. The normalized spacial score (nSPS) is 10.0. The molecule has 0 heterocycles. The van der Waals surface area contributed by atoms with E-state index < -0.39 is 11.9 Å². The van der Waals surface area contributed by atoms with Crippen LogP contribution in [-0.2, 0) is 11.3 Å². The zero-order chi connectivity index (χ0) is 16.7. The number of amides is 3. The smallest absolute Gasteiger partial charge is 0.321 e. The highest BCUT2D eigenvalue weighted by atomic mass is 35.5. The van der Waals surface area contributed by atoms with Crippen molar-refractivity contribution in [2.75, 3.05) is 11.9 Å². The summed E-state index contributed by atoms with van der Waals surface area (Å²) < 4.78 is 0. The van der Waals surface area contributed by atoms with Gasteiger partial charge >= 0.3 is 6.03 Å². The maximum atomic E-state index is 11.7. The number of benzene rings is 2. The zero-order valence-electron chi connectivity index (χ0n) is 12.1. The van der Waals surface area contributed by atoms with Crippen molar-refractivity contribution in [2.45, 2.75) is 6.54 Å². The molecule has 0 spiro atoms. The Morgan fingerprint density at radius 2 is 1.61 bits per heavy atom. The Morgan fingerprint density at radius 1 is 0.957 bits per heavy atom. The van der Waals surface area contributed by atoms with Crippen molar-refractivity contribution in [1.29, 1.82) is 0 Å². The molecule has 3 amide bonds. The second-order valence-corrected chi connectivity index (χ2v) is 5.60. The van der Waals surface area contributed by atoms with Crippen LogP contribution in [0.3, 0.4) is 0 Å². The SMILES string of the molecule is O=C(CNc1cc(Cl)cc(Cl)c1)NC(=O)NCc1ccccc1. The fourth-order valence-electron chi connectivity index (χ4n) is 1.83. The van der Waals surface area contributed by atoms with Gasteiger partial charge in [0.15, 0.2) is 0 Å². The number of nitrogens with one attached hydrogen (secondary N) is 3. The standard InChI is InChI=1S/C16H15Cl2N3O2/c17-12-6-13(18)8-14(7-12)19-10-15(22)21-16(23)20-9-11-4-2-1-3-5-11/h1-8,19H,9-10H2,(H2,20,21,22,23). The number of rotatable bonds is 5. The number of anilines is 1. The van der Waals surface area contributed by atoms with Crippen molar-refractivity contribution in [3.63, 3.8) is 0 Å². The fourth-order valence-corrected chi connectivity index (χ4v) is 2.36. The minimum atomic E-state index is -0.551. The molecule has 2 aromatic rings. The summed E-state index contributed by atoms with van der Waals surface area (Å²) in [5.74, 6) is -0.466. The van der Waals surface area contributed by atoms with Crippen LogP contribution in [0, 0.1) is 0 Å². The molecule has 0 aliphatic carbocycles. The van der Waals surface area contributed by atoms with Crippen molar-refractivity contribution >= 4 is 40.8 Å². The highest BCUT2D eigenvalue weighted by Gasteiger charge is 2.07. The molecule has 0 aromatic heterocycles. The lowest BCUT2D eigenvalue weighted by Gasteiger charge is -2.09. The van der Waals surface area contributed by atoms with E-state index in [1.807, 2.05) is 30.3 Å². The lowest BCUT2D eigenvalue weighted by molar-refractivity contribution is -0.118. The predicted octanol–water partition coefficient (Wildman–Crippen LogP) is 3.43. The van der Waals surface area contributed by atoms with Gasteiger partial charge in [-0.05, 0) is 23.8 Å². The van der Waals surface area contributed by atoms with Gasteiger partial charge in [0.1, 0.15) is 0 Å². The minimum Gasteiger partial charge on any atom is -0.376 e. The minimum absolute atomic E-state index is 0.0740. The number of halogens is 2. The summed E-state index contributed by atoms with van der Waals surface area (Å²) in [6.07, 6.45) is 0. The molecule has 23 heavy (non-hydrogen) atoms. The number of carbonyl (C=O) groups excluding carboxylic acids is 2. The Hall–Kier alpha value is -2.24. The molecule has 3 N–H and O–H groups in total. The largest absolute Gasteiger partial charge is 0.376 e. The molecule has 0 saturated carbocycles. The molecule has 0 unspecified atom stereocenters. The lowest BCUT2D eigenvalue weighted by atomic mass is 10.2. The molecule has 0 saturated heterocycles. The molecule has 5 nitrogen and oxygen atoms in total. The van der Waals surface area contributed by atoms with Crippen LogP contribution in [0.15, 0.2) is 48.5 Å². The van der Waals surface area contributed by atoms with Crippen LogP contribution in [0.4, 0.5) is 10.5 Å². The van der Waals surface area contributed by atoms with Crippen molar-refractivity contribution in [3.8, 4) is 0 Å². The lowest BCUT2D eigenvalue weighted by Crippen LogP contribution is -2.41. The first-order valence-electron chi connectivity index (χ1n) is 6.84. The van der Waals surface area contributed by atoms with E-state index in [4.69, 9.17) is 23.2 Å². The highest BCUT2D eigenvalue weighted by molar-refractivity contribution is 6.35. The summed E-state index contributed by atoms with van der Waals surface area (Å²) in [6.45, 7) is 0.271. The maximum absolute atomic E-state index is 11.7. The average Bonchev–Trinajstić information content (AvgIpc) is 2.51. The van der Waals surface area contributed by atoms with Crippen molar-refractivity contribution in [2.24, 2.45) is 0 Å². The summed E-state index contributed by atoms with van der Waals surface area (Å²) in [6, 6.07) is 13.7. The van der Waals surface area contributed by atoms with E-state index in [0.29, 0.717) is 22.3 Å². The number of hydrogen-bond acceptors (Lipinski definition) is 3. The van der Waals surface area contributed by atoms with Gasteiger partial charge in [-0.15, -0.1) is 0 Å². The Labute approximate surface area is 144 Å². The molecule has 0 aliphatic rings. The average molecular weight is 352 g/mol. The molecular formula is C16H15Cl2N3O2. The van der Waals surface area contributed by atoms with E-state index in [0.717, 1.165) is 5.56 Å². The van der Waals surface area contributed by atoms with Gasteiger partial charge in [-0.25, -0.2) is 4.79 Å². The number of carbonyl (C=O) groups is 2. The molecule has 0 atom stereocenters. The molecule has 0 radical (unpaired) electrons. The second-order valence-electron chi connectivity index (χ2n) is 4.73. The van der Waals surface area contributed by atoms with Gasteiger partial charge in [-0.1, -0.05) is 53.5 Å². The molecule has 0 bridgehead atoms. The predicted molar refractivity (Wildman–Crippen MR) is 91.8 cm³/mol. The van der Waals surface area contributed by atoms with Gasteiger partial charge < -0.3 is 10.6 Å². The van der Waals surface area contributed by atoms with Crippen LogP contribution in [0.1, 0.15) is 5.56 Å². The topological polar surface area (TPSA) is 70.2 Å². The molecule has 7 heteroatoms. The summed E-state index contributed by atoms with van der Waals surface area (Å²) >= 11 is 11.7. The van der Waals surface area contributed by atoms with Crippen LogP contribution >= 0.6 is 23.2 Å². The van der Waals surface area contributed by atoms with Gasteiger partial charge in [0, 0.05) is 22.3 Å². The Morgan fingerprint density at radius 3 is 2.26 bits per heavy atom. The maximum Gasteiger partial charge on any atom is 0.321 e. The fraction of sp³-hybridized carbons (Fsp3) is 0.125. The molecular weight excluding hydrogens is 337 g/mol. The van der Waals surface area contributed by atoms with E-state index in [1.54, 1.807) is 18.2 Å². The monoisotopic (exact) mass is 351 g/mol. The molecule has 2 rings (SSSR count). The Bertz CT molecular complexity index is 673. The highest BCUT2D eigenvalue weighted by Crippen LogP contribution is 2.22. The number of hydrogen-bond donors (Lipinski definition) is 3. The van der Waals surface area contributed by atoms with Crippen LogP contribution in [0.5, 0.6) is 0 Å².